The number of aromatic nitrogens is 3. The molecule has 0 aliphatic carbocycles. The minimum absolute atomic E-state index is 0.198. The van der Waals surface area contributed by atoms with Crippen LogP contribution in [0.2, 0.25) is 0 Å². The van der Waals surface area contributed by atoms with Crippen LogP contribution in [0.3, 0.4) is 0 Å². The van der Waals surface area contributed by atoms with E-state index in [9.17, 15) is 4.79 Å². The molecular weight excluding hydrogens is 214 g/mol. The molecule has 0 saturated carbocycles. The molecule has 0 aliphatic heterocycles. The standard InChI is InChI=1S/C13H9N3O/c17-13-5-4-12(15-16-13)11-3-1-2-9-8-14-7-6-10(9)11/h1-8H,(H,16,17). The molecule has 0 fully saturated rings. The van der Waals surface area contributed by atoms with Gasteiger partial charge in [-0.25, -0.2) is 5.10 Å². The smallest absolute Gasteiger partial charge is 0.264 e. The van der Waals surface area contributed by atoms with Crippen molar-refractivity contribution in [2.24, 2.45) is 0 Å². The lowest BCUT2D eigenvalue weighted by molar-refractivity contribution is 0.996. The van der Waals surface area contributed by atoms with Crippen molar-refractivity contribution in [3.05, 3.63) is 59.1 Å². The van der Waals surface area contributed by atoms with Crippen LogP contribution in [0.4, 0.5) is 0 Å². The van der Waals surface area contributed by atoms with Gasteiger partial charge >= 0.3 is 0 Å². The number of nitrogens with one attached hydrogen (secondary N) is 1. The van der Waals surface area contributed by atoms with E-state index >= 15 is 0 Å². The number of H-pyrrole nitrogens is 1. The van der Waals surface area contributed by atoms with Gasteiger partial charge in [0.25, 0.3) is 5.56 Å². The lowest BCUT2D eigenvalue weighted by Crippen LogP contribution is -2.05. The highest BCUT2D eigenvalue weighted by molar-refractivity contribution is 5.95. The molecule has 0 radical (unpaired) electrons. The normalized spacial score (nSPS) is 10.6. The fourth-order valence-electron chi connectivity index (χ4n) is 1.84. The molecule has 3 rings (SSSR count). The van der Waals surface area contributed by atoms with Crippen LogP contribution in [0, 0.1) is 0 Å². The Morgan fingerprint density at radius 3 is 2.82 bits per heavy atom. The summed E-state index contributed by atoms with van der Waals surface area (Å²) in [7, 11) is 0. The Bertz CT molecular complexity index is 708. The van der Waals surface area contributed by atoms with Gasteiger partial charge in [0, 0.05) is 29.4 Å². The summed E-state index contributed by atoms with van der Waals surface area (Å²) >= 11 is 0. The molecule has 0 unspecified atom stereocenters. The molecule has 1 N–H and O–H groups in total. The zero-order chi connectivity index (χ0) is 11.7. The Morgan fingerprint density at radius 2 is 2.00 bits per heavy atom. The molecule has 0 atom stereocenters. The largest absolute Gasteiger partial charge is 0.268 e. The molecule has 2 heterocycles. The number of nitrogens with zero attached hydrogens (tertiary/aromatic N) is 2. The first-order chi connectivity index (χ1) is 8.34. The molecule has 1 aromatic carbocycles. The van der Waals surface area contributed by atoms with E-state index in [0.29, 0.717) is 0 Å². The van der Waals surface area contributed by atoms with Crippen LogP contribution in [0.25, 0.3) is 22.0 Å². The fourth-order valence-corrected chi connectivity index (χ4v) is 1.84. The lowest BCUT2D eigenvalue weighted by atomic mass is 10.0. The predicted molar refractivity (Wildman–Crippen MR) is 65.6 cm³/mol. The van der Waals surface area contributed by atoms with Crippen molar-refractivity contribution in [1.82, 2.24) is 15.2 Å². The molecular formula is C13H9N3O. The number of rotatable bonds is 1. The van der Waals surface area contributed by atoms with E-state index in [2.05, 4.69) is 15.2 Å². The predicted octanol–water partition coefficient (Wildman–Crippen LogP) is 1.99. The van der Waals surface area contributed by atoms with Crippen molar-refractivity contribution in [2.45, 2.75) is 0 Å². The van der Waals surface area contributed by atoms with Crippen LogP contribution in [0.1, 0.15) is 0 Å². The van der Waals surface area contributed by atoms with Gasteiger partial charge in [0.1, 0.15) is 0 Å². The van der Waals surface area contributed by atoms with E-state index in [4.69, 9.17) is 0 Å². The van der Waals surface area contributed by atoms with Crippen LogP contribution in [-0.2, 0) is 0 Å². The van der Waals surface area contributed by atoms with Crippen molar-refractivity contribution in [1.29, 1.82) is 0 Å². The number of aromatic amines is 1. The van der Waals surface area contributed by atoms with Gasteiger partial charge in [0.2, 0.25) is 0 Å². The average Bonchev–Trinajstić information content (AvgIpc) is 2.39. The third-order valence-electron chi connectivity index (χ3n) is 2.64. The summed E-state index contributed by atoms with van der Waals surface area (Å²) in [6, 6.07) is 11.1. The third-order valence-corrected chi connectivity index (χ3v) is 2.64. The van der Waals surface area contributed by atoms with Crippen molar-refractivity contribution >= 4 is 10.8 Å². The maximum absolute atomic E-state index is 11.0. The molecule has 4 heteroatoms. The monoisotopic (exact) mass is 223 g/mol. The minimum Gasteiger partial charge on any atom is -0.268 e. The molecule has 0 amide bonds. The molecule has 0 bridgehead atoms. The molecule has 0 spiro atoms. The number of benzene rings is 1. The van der Waals surface area contributed by atoms with E-state index in [1.54, 1.807) is 12.3 Å². The maximum Gasteiger partial charge on any atom is 0.264 e. The van der Waals surface area contributed by atoms with Gasteiger partial charge in [0.05, 0.1) is 5.69 Å². The Balaban J connectivity index is 2.30. The highest BCUT2D eigenvalue weighted by atomic mass is 16.1. The second-order valence-corrected chi connectivity index (χ2v) is 3.71. The number of hydrogen-bond acceptors (Lipinski definition) is 3. The van der Waals surface area contributed by atoms with Crippen molar-refractivity contribution in [3.8, 4) is 11.3 Å². The average molecular weight is 223 g/mol. The molecule has 3 aromatic rings. The van der Waals surface area contributed by atoms with Crippen LogP contribution >= 0.6 is 0 Å². The number of hydrogen-bond donors (Lipinski definition) is 1. The Kier molecular flexibility index (Phi) is 2.19. The summed E-state index contributed by atoms with van der Waals surface area (Å²) in [5.41, 5.74) is 1.54. The lowest BCUT2D eigenvalue weighted by Gasteiger charge is -2.04. The number of pyridine rings is 1. The third kappa shape index (κ3) is 1.69. The van der Waals surface area contributed by atoms with Gasteiger partial charge in [-0.2, -0.15) is 5.10 Å². The summed E-state index contributed by atoms with van der Waals surface area (Å²) in [6.45, 7) is 0. The fraction of sp³-hybridized carbons (Fsp3) is 0. The summed E-state index contributed by atoms with van der Waals surface area (Å²) in [6.07, 6.45) is 3.56. The zero-order valence-corrected chi connectivity index (χ0v) is 8.92. The number of fused-ring (bicyclic) bond motifs is 1. The quantitative estimate of drug-likeness (QED) is 0.686. The van der Waals surface area contributed by atoms with E-state index in [0.717, 1.165) is 22.0 Å². The van der Waals surface area contributed by atoms with Gasteiger partial charge in [-0.1, -0.05) is 18.2 Å². The van der Waals surface area contributed by atoms with E-state index in [1.165, 1.54) is 6.07 Å². The molecule has 82 valence electrons. The van der Waals surface area contributed by atoms with E-state index in [-0.39, 0.29) is 5.56 Å². The van der Waals surface area contributed by atoms with Gasteiger partial charge < -0.3 is 0 Å². The second kappa shape index (κ2) is 3.83. The summed E-state index contributed by atoms with van der Waals surface area (Å²) in [4.78, 5) is 15.1. The van der Waals surface area contributed by atoms with Crippen molar-refractivity contribution in [2.75, 3.05) is 0 Å². The molecule has 4 nitrogen and oxygen atoms in total. The topological polar surface area (TPSA) is 58.6 Å². The minimum atomic E-state index is -0.198. The summed E-state index contributed by atoms with van der Waals surface area (Å²) < 4.78 is 0. The first-order valence-corrected chi connectivity index (χ1v) is 5.23. The van der Waals surface area contributed by atoms with Crippen molar-refractivity contribution in [3.63, 3.8) is 0 Å². The molecule has 17 heavy (non-hydrogen) atoms. The van der Waals surface area contributed by atoms with Crippen LogP contribution in [0.5, 0.6) is 0 Å². The molecule has 0 aliphatic rings. The Labute approximate surface area is 97.0 Å². The van der Waals surface area contributed by atoms with Gasteiger partial charge in [-0.05, 0) is 17.5 Å². The first kappa shape index (κ1) is 9.72. The molecule has 0 saturated heterocycles. The van der Waals surface area contributed by atoms with Crippen LogP contribution in [-0.4, -0.2) is 15.2 Å². The van der Waals surface area contributed by atoms with Crippen molar-refractivity contribution < 1.29 is 0 Å². The van der Waals surface area contributed by atoms with Gasteiger partial charge in [-0.3, -0.25) is 9.78 Å². The Hall–Kier alpha value is -2.49. The zero-order valence-electron chi connectivity index (χ0n) is 8.92. The molecule has 2 aromatic heterocycles. The van der Waals surface area contributed by atoms with Gasteiger partial charge in [-0.15, -0.1) is 0 Å². The highest BCUT2D eigenvalue weighted by Crippen LogP contribution is 2.25. The second-order valence-electron chi connectivity index (χ2n) is 3.71. The SMILES string of the molecule is O=c1ccc(-c2cccc3cnccc23)n[nH]1. The maximum atomic E-state index is 11.0. The van der Waals surface area contributed by atoms with E-state index < -0.39 is 0 Å². The first-order valence-electron chi connectivity index (χ1n) is 5.23. The van der Waals surface area contributed by atoms with E-state index in [1.807, 2.05) is 30.5 Å². The highest BCUT2D eigenvalue weighted by Gasteiger charge is 2.04. The van der Waals surface area contributed by atoms with Crippen LogP contribution < -0.4 is 5.56 Å². The summed E-state index contributed by atoms with van der Waals surface area (Å²) in [5, 5.41) is 8.61. The summed E-state index contributed by atoms with van der Waals surface area (Å²) in [5.74, 6) is 0. The van der Waals surface area contributed by atoms with Gasteiger partial charge in [0.15, 0.2) is 0 Å². The Morgan fingerprint density at radius 1 is 1.06 bits per heavy atom. The van der Waals surface area contributed by atoms with Crippen LogP contribution in [0.15, 0.2) is 53.6 Å².